The second kappa shape index (κ2) is 7.46. The van der Waals surface area contributed by atoms with Gasteiger partial charge in [0.2, 0.25) is 0 Å². The molecule has 0 rings (SSSR count). The van der Waals surface area contributed by atoms with Gasteiger partial charge in [0.1, 0.15) is 5.84 Å². The van der Waals surface area contributed by atoms with Crippen LogP contribution in [-0.4, -0.2) is 35.3 Å². The van der Waals surface area contributed by atoms with Gasteiger partial charge in [0, 0.05) is 25.6 Å². The summed E-state index contributed by atoms with van der Waals surface area (Å²) in [6.45, 7) is 7.41. The topological polar surface area (TPSA) is 90.9 Å². The molecule has 1 unspecified atom stereocenters. The summed E-state index contributed by atoms with van der Waals surface area (Å²) in [4.78, 5) is 0. The molecule has 0 aliphatic carbocycles. The van der Waals surface area contributed by atoms with E-state index in [0.29, 0.717) is 6.42 Å². The summed E-state index contributed by atoms with van der Waals surface area (Å²) in [7, 11) is 0. The summed E-state index contributed by atoms with van der Waals surface area (Å²) in [5.41, 5.74) is 5.58. The fourth-order valence-corrected chi connectivity index (χ4v) is 1.52. The van der Waals surface area contributed by atoms with Crippen LogP contribution in [0.4, 0.5) is 0 Å². The van der Waals surface area contributed by atoms with Gasteiger partial charge in [-0.2, -0.15) is 0 Å². The Hall–Kier alpha value is -0.810. The molecule has 0 amide bonds. The van der Waals surface area contributed by atoms with Crippen LogP contribution in [0.15, 0.2) is 5.16 Å². The third kappa shape index (κ3) is 7.48. The van der Waals surface area contributed by atoms with Crippen molar-refractivity contribution in [3.63, 3.8) is 0 Å². The van der Waals surface area contributed by atoms with Gasteiger partial charge in [-0.25, -0.2) is 0 Å². The van der Waals surface area contributed by atoms with Crippen LogP contribution in [0.25, 0.3) is 0 Å². The van der Waals surface area contributed by atoms with Crippen LogP contribution in [0.2, 0.25) is 0 Å². The number of hydrogen-bond donors (Lipinski definition) is 4. The third-order valence-electron chi connectivity index (χ3n) is 2.58. The smallest absolute Gasteiger partial charge is 0.140 e. The van der Waals surface area contributed by atoms with E-state index < -0.39 is 0 Å². The minimum Gasteiger partial charge on any atom is -0.409 e. The Labute approximate surface area is 97.7 Å². The molecular formula is C11H25N3O2. The Morgan fingerprint density at radius 2 is 2.12 bits per heavy atom. The van der Waals surface area contributed by atoms with Crippen molar-refractivity contribution in [3.05, 3.63) is 0 Å². The van der Waals surface area contributed by atoms with Crippen LogP contribution in [0, 0.1) is 5.41 Å². The highest BCUT2D eigenvalue weighted by Gasteiger charge is 2.18. The van der Waals surface area contributed by atoms with Gasteiger partial charge in [-0.1, -0.05) is 19.0 Å². The van der Waals surface area contributed by atoms with E-state index in [4.69, 9.17) is 16.0 Å². The summed E-state index contributed by atoms with van der Waals surface area (Å²) < 4.78 is 0. The maximum absolute atomic E-state index is 8.78. The van der Waals surface area contributed by atoms with E-state index in [1.54, 1.807) is 0 Å². The van der Waals surface area contributed by atoms with E-state index in [1.165, 1.54) is 0 Å². The van der Waals surface area contributed by atoms with Crippen LogP contribution >= 0.6 is 0 Å². The first-order valence-electron chi connectivity index (χ1n) is 5.72. The number of nitrogens with zero attached hydrogens (tertiary/aromatic N) is 1. The summed E-state index contributed by atoms with van der Waals surface area (Å²) in [5.74, 6) is 0.244. The molecule has 0 heterocycles. The Kier molecular flexibility index (Phi) is 7.08. The molecule has 0 spiro atoms. The van der Waals surface area contributed by atoms with Crippen molar-refractivity contribution < 1.29 is 10.3 Å². The van der Waals surface area contributed by atoms with Crippen molar-refractivity contribution in [2.24, 2.45) is 16.3 Å². The predicted octanol–water partition coefficient (Wildman–Crippen LogP) is 0.900. The molecule has 5 nitrogen and oxygen atoms in total. The van der Waals surface area contributed by atoms with Gasteiger partial charge < -0.3 is 21.4 Å². The molecule has 5 N–H and O–H groups in total. The molecule has 1 atom stereocenters. The second-order valence-electron chi connectivity index (χ2n) is 5.07. The van der Waals surface area contributed by atoms with Crippen LogP contribution in [0.5, 0.6) is 0 Å². The molecule has 0 aromatic heterocycles. The predicted molar refractivity (Wildman–Crippen MR) is 65.6 cm³/mol. The third-order valence-corrected chi connectivity index (χ3v) is 2.58. The first-order chi connectivity index (χ1) is 7.41. The highest BCUT2D eigenvalue weighted by molar-refractivity contribution is 5.80. The number of amidine groups is 1. The molecule has 16 heavy (non-hydrogen) atoms. The molecule has 0 aromatic rings. The van der Waals surface area contributed by atoms with Gasteiger partial charge in [0.25, 0.3) is 0 Å². The quantitative estimate of drug-likeness (QED) is 0.216. The summed E-state index contributed by atoms with van der Waals surface area (Å²) in [5, 5.41) is 23.5. The van der Waals surface area contributed by atoms with Crippen molar-refractivity contribution >= 4 is 5.84 Å². The fraction of sp³-hybridized carbons (Fsp3) is 0.909. The van der Waals surface area contributed by atoms with E-state index in [9.17, 15) is 0 Å². The zero-order valence-electron chi connectivity index (χ0n) is 10.5. The molecule has 0 fully saturated rings. The van der Waals surface area contributed by atoms with E-state index in [2.05, 4.69) is 24.3 Å². The lowest BCUT2D eigenvalue weighted by atomic mass is 9.87. The molecular weight excluding hydrogens is 206 g/mol. The maximum atomic E-state index is 8.78. The molecule has 0 saturated heterocycles. The Bertz CT molecular complexity index is 217. The van der Waals surface area contributed by atoms with Crippen molar-refractivity contribution in [1.29, 1.82) is 0 Å². The van der Waals surface area contributed by atoms with Crippen molar-refractivity contribution in [2.45, 2.75) is 46.1 Å². The van der Waals surface area contributed by atoms with Crippen LogP contribution in [0.3, 0.4) is 0 Å². The molecule has 96 valence electrons. The lowest BCUT2D eigenvalue weighted by Gasteiger charge is -2.27. The van der Waals surface area contributed by atoms with Gasteiger partial charge in [0.15, 0.2) is 0 Å². The number of nitrogens with one attached hydrogen (secondary N) is 1. The molecule has 0 aliphatic rings. The Balaban J connectivity index is 3.85. The standard InChI is InChI=1S/C11H25N3O2/c1-9(7-10(12)14-16)13-8-11(2,3)5-4-6-15/h9,13,15-16H,4-8H2,1-3H3,(H2,12,14). The molecule has 0 saturated carbocycles. The number of rotatable bonds is 8. The molecule has 0 aromatic carbocycles. The number of hydrogen-bond acceptors (Lipinski definition) is 4. The van der Waals surface area contributed by atoms with E-state index in [1.807, 2.05) is 6.92 Å². The van der Waals surface area contributed by atoms with Crippen molar-refractivity contribution in [3.8, 4) is 0 Å². The normalized spacial score (nSPS) is 15.1. The first-order valence-corrected chi connectivity index (χ1v) is 5.72. The Morgan fingerprint density at radius 3 is 2.62 bits per heavy atom. The van der Waals surface area contributed by atoms with Crippen LogP contribution in [0.1, 0.15) is 40.0 Å². The highest BCUT2D eigenvalue weighted by Crippen LogP contribution is 2.20. The number of nitrogens with two attached hydrogens (primary N) is 1. The minimum absolute atomic E-state index is 0.155. The van der Waals surface area contributed by atoms with Crippen LogP contribution in [-0.2, 0) is 0 Å². The minimum atomic E-state index is 0.155. The van der Waals surface area contributed by atoms with E-state index in [0.717, 1.165) is 19.4 Å². The fourth-order valence-electron chi connectivity index (χ4n) is 1.52. The average Bonchev–Trinajstić information content (AvgIpc) is 2.24. The first kappa shape index (κ1) is 15.2. The second-order valence-corrected chi connectivity index (χ2v) is 5.07. The van der Waals surface area contributed by atoms with Crippen molar-refractivity contribution in [2.75, 3.05) is 13.2 Å². The van der Waals surface area contributed by atoms with E-state index >= 15 is 0 Å². The summed E-state index contributed by atoms with van der Waals surface area (Å²) >= 11 is 0. The van der Waals surface area contributed by atoms with Gasteiger partial charge in [-0.05, 0) is 25.2 Å². The summed E-state index contributed by atoms with van der Waals surface area (Å²) in [6.07, 6.45) is 2.34. The number of oxime groups is 1. The van der Waals surface area contributed by atoms with Gasteiger partial charge >= 0.3 is 0 Å². The SMILES string of the molecule is CC(CC(N)=NO)NCC(C)(C)CCCO. The Morgan fingerprint density at radius 1 is 1.50 bits per heavy atom. The molecule has 0 bridgehead atoms. The number of aliphatic hydroxyl groups is 1. The summed E-state index contributed by atoms with van der Waals surface area (Å²) in [6, 6.07) is 0.185. The largest absolute Gasteiger partial charge is 0.409 e. The monoisotopic (exact) mass is 231 g/mol. The van der Waals surface area contributed by atoms with Gasteiger partial charge in [0.05, 0.1) is 0 Å². The van der Waals surface area contributed by atoms with E-state index in [-0.39, 0.29) is 23.9 Å². The van der Waals surface area contributed by atoms with Gasteiger partial charge in [-0.3, -0.25) is 0 Å². The zero-order valence-corrected chi connectivity index (χ0v) is 10.5. The van der Waals surface area contributed by atoms with Gasteiger partial charge in [-0.15, -0.1) is 0 Å². The lowest BCUT2D eigenvalue weighted by Crippen LogP contribution is -2.37. The maximum Gasteiger partial charge on any atom is 0.140 e. The average molecular weight is 231 g/mol. The molecule has 0 radical (unpaired) electrons. The molecule has 0 aliphatic heterocycles. The highest BCUT2D eigenvalue weighted by atomic mass is 16.4. The molecule has 5 heteroatoms. The number of aliphatic hydroxyl groups excluding tert-OH is 1. The zero-order chi connectivity index (χ0) is 12.6. The van der Waals surface area contributed by atoms with Crippen LogP contribution < -0.4 is 11.1 Å². The lowest BCUT2D eigenvalue weighted by molar-refractivity contribution is 0.233. The van der Waals surface area contributed by atoms with Crippen molar-refractivity contribution in [1.82, 2.24) is 5.32 Å².